The summed E-state index contributed by atoms with van der Waals surface area (Å²) in [7, 11) is 1.45. The molecule has 0 fully saturated rings. The van der Waals surface area contributed by atoms with E-state index in [-0.39, 0.29) is 11.3 Å². The lowest BCUT2D eigenvalue weighted by molar-refractivity contribution is 0.0693. The minimum absolute atomic E-state index is 0.0306. The second-order valence-electron chi connectivity index (χ2n) is 3.55. The number of benzene rings is 1. The van der Waals surface area contributed by atoms with Crippen LogP contribution in [0.25, 0.3) is 0 Å². The van der Waals surface area contributed by atoms with Crippen molar-refractivity contribution in [3.8, 4) is 17.2 Å². The summed E-state index contributed by atoms with van der Waals surface area (Å²) in [6, 6.07) is 6.31. The molecule has 0 bridgehead atoms. The van der Waals surface area contributed by atoms with Gasteiger partial charge >= 0.3 is 5.97 Å². The Morgan fingerprint density at radius 2 is 2.11 bits per heavy atom. The topological polar surface area (TPSA) is 68.7 Å². The van der Waals surface area contributed by atoms with Gasteiger partial charge in [-0.1, -0.05) is 6.07 Å². The molecule has 0 radical (unpaired) electrons. The largest absolute Gasteiger partial charge is 0.493 e. The molecule has 5 nitrogen and oxygen atoms in total. The van der Waals surface area contributed by atoms with Crippen molar-refractivity contribution in [1.82, 2.24) is 4.98 Å². The van der Waals surface area contributed by atoms with Crippen molar-refractivity contribution in [1.29, 1.82) is 0 Å². The second-order valence-corrected chi connectivity index (χ2v) is 4.40. The molecule has 19 heavy (non-hydrogen) atoms. The molecule has 98 valence electrons. The molecule has 0 atom stereocenters. The summed E-state index contributed by atoms with van der Waals surface area (Å²) in [6.45, 7) is 0. The number of hydrogen-bond donors (Lipinski definition) is 1. The fourth-order valence-electron chi connectivity index (χ4n) is 1.51. The van der Waals surface area contributed by atoms with E-state index in [2.05, 4.69) is 20.9 Å². The summed E-state index contributed by atoms with van der Waals surface area (Å²) in [5.41, 5.74) is 0.0306. The van der Waals surface area contributed by atoms with Gasteiger partial charge in [-0.3, -0.25) is 4.98 Å². The third kappa shape index (κ3) is 2.85. The second kappa shape index (κ2) is 5.71. The molecule has 1 N–H and O–H groups in total. The van der Waals surface area contributed by atoms with Gasteiger partial charge < -0.3 is 14.6 Å². The first-order valence-electron chi connectivity index (χ1n) is 5.31. The minimum Gasteiger partial charge on any atom is -0.493 e. The summed E-state index contributed by atoms with van der Waals surface area (Å²) in [4.78, 5) is 15.1. The number of halogens is 1. The number of ether oxygens (including phenoxy) is 2. The molecule has 0 spiro atoms. The SMILES string of the molecule is COc1cccc(C(=O)O)c1Oc1ccncc1Br. The molecule has 0 saturated carbocycles. The van der Waals surface area contributed by atoms with Crippen molar-refractivity contribution in [2.45, 2.75) is 0 Å². The molecule has 0 unspecified atom stereocenters. The highest BCUT2D eigenvalue weighted by atomic mass is 79.9. The number of aromatic nitrogens is 1. The van der Waals surface area contributed by atoms with Crippen LogP contribution in [-0.4, -0.2) is 23.2 Å². The van der Waals surface area contributed by atoms with Crippen LogP contribution in [0, 0.1) is 0 Å². The Morgan fingerprint density at radius 3 is 2.74 bits per heavy atom. The first-order valence-corrected chi connectivity index (χ1v) is 6.10. The maximum absolute atomic E-state index is 11.2. The first kappa shape index (κ1) is 13.4. The van der Waals surface area contributed by atoms with E-state index in [1.54, 1.807) is 30.6 Å². The molecule has 0 aliphatic heterocycles. The van der Waals surface area contributed by atoms with E-state index in [1.165, 1.54) is 13.2 Å². The smallest absolute Gasteiger partial charge is 0.339 e. The monoisotopic (exact) mass is 323 g/mol. The lowest BCUT2D eigenvalue weighted by Gasteiger charge is -2.13. The average molecular weight is 324 g/mol. The molecule has 0 saturated heterocycles. The third-order valence-electron chi connectivity index (χ3n) is 2.38. The molecular formula is C13H10BrNO4. The van der Waals surface area contributed by atoms with Gasteiger partial charge in [0.25, 0.3) is 0 Å². The molecule has 6 heteroatoms. The quantitative estimate of drug-likeness (QED) is 0.934. The molecule has 1 aromatic heterocycles. The van der Waals surface area contributed by atoms with Crippen molar-refractivity contribution in [2.24, 2.45) is 0 Å². The molecule has 1 heterocycles. The zero-order valence-electron chi connectivity index (χ0n) is 9.96. The normalized spacial score (nSPS) is 10.0. The summed E-state index contributed by atoms with van der Waals surface area (Å²) >= 11 is 3.29. The summed E-state index contributed by atoms with van der Waals surface area (Å²) in [5.74, 6) is -0.117. The van der Waals surface area contributed by atoms with E-state index in [4.69, 9.17) is 9.47 Å². The van der Waals surface area contributed by atoms with Gasteiger partial charge in [-0.15, -0.1) is 0 Å². The Labute approximate surface area is 117 Å². The summed E-state index contributed by atoms with van der Waals surface area (Å²) in [6.07, 6.45) is 3.11. The minimum atomic E-state index is -1.08. The van der Waals surface area contributed by atoms with Crippen LogP contribution in [-0.2, 0) is 0 Å². The number of carbonyl (C=O) groups is 1. The molecule has 0 aliphatic rings. The predicted octanol–water partition coefficient (Wildman–Crippen LogP) is 3.34. The Morgan fingerprint density at radius 1 is 1.32 bits per heavy atom. The fraction of sp³-hybridized carbons (Fsp3) is 0.0769. The van der Waals surface area contributed by atoms with Crippen molar-refractivity contribution in [3.63, 3.8) is 0 Å². The number of carboxylic acid groups (broad SMARTS) is 1. The van der Waals surface area contributed by atoms with Crippen LogP contribution >= 0.6 is 15.9 Å². The number of pyridine rings is 1. The van der Waals surface area contributed by atoms with Crippen LogP contribution < -0.4 is 9.47 Å². The Bertz CT molecular complexity index is 615. The lowest BCUT2D eigenvalue weighted by atomic mass is 10.2. The van der Waals surface area contributed by atoms with Gasteiger partial charge in [-0.05, 0) is 28.1 Å². The van der Waals surface area contributed by atoms with E-state index < -0.39 is 5.97 Å². The number of para-hydroxylation sites is 1. The molecule has 0 amide bonds. The Kier molecular flexibility index (Phi) is 4.01. The van der Waals surface area contributed by atoms with Gasteiger partial charge in [-0.25, -0.2) is 4.79 Å². The molecule has 2 aromatic rings. The van der Waals surface area contributed by atoms with Gasteiger partial charge in [0.15, 0.2) is 11.5 Å². The fourth-order valence-corrected chi connectivity index (χ4v) is 1.84. The van der Waals surface area contributed by atoms with Crippen molar-refractivity contribution < 1.29 is 19.4 Å². The predicted molar refractivity (Wildman–Crippen MR) is 72.0 cm³/mol. The average Bonchev–Trinajstić information content (AvgIpc) is 2.41. The van der Waals surface area contributed by atoms with E-state index in [0.717, 1.165) is 0 Å². The summed E-state index contributed by atoms with van der Waals surface area (Å²) in [5, 5.41) is 9.17. The number of nitrogens with zero attached hydrogens (tertiary/aromatic N) is 1. The highest BCUT2D eigenvalue weighted by molar-refractivity contribution is 9.10. The van der Waals surface area contributed by atoms with Crippen molar-refractivity contribution in [3.05, 3.63) is 46.7 Å². The maximum Gasteiger partial charge on any atom is 0.339 e. The van der Waals surface area contributed by atoms with E-state index in [1.807, 2.05) is 0 Å². The maximum atomic E-state index is 11.2. The number of aromatic carboxylic acids is 1. The Balaban J connectivity index is 2.49. The first-order chi connectivity index (χ1) is 9.13. The van der Waals surface area contributed by atoms with Crippen LogP contribution in [0.1, 0.15) is 10.4 Å². The van der Waals surface area contributed by atoms with Crippen LogP contribution in [0.4, 0.5) is 0 Å². The lowest BCUT2D eigenvalue weighted by Crippen LogP contribution is -2.02. The number of hydrogen-bond acceptors (Lipinski definition) is 4. The molecule has 0 aliphatic carbocycles. The number of methoxy groups -OCH3 is 1. The van der Waals surface area contributed by atoms with Gasteiger partial charge in [0.2, 0.25) is 0 Å². The van der Waals surface area contributed by atoms with Crippen LogP contribution in [0.5, 0.6) is 17.2 Å². The van der Waals surface area contributed by atoms with E-state index >= 15 is 0 Å². The van der Waals surface area contributed by atoms with E-state index in [9.17, 15) is 9.90 Å². The van der Waals surface area contributed by atoms with Crippen LogP contribution in [0.3, 0.4) is 0 Å². The molecule has 2 rings (SSSR count). The third-order valence-corrected chi connectivity index (χ3v) is 2.97. The van der Waals surface area contributed by atoms with E-state index in [0.29, 0.717) is 16.0 Å². The standard InChI is InChI=1S/C13H10BrNO4/c1-18-11-4-2-3-8(13(16)17)12(11)19-10-5-6-15-7-9(10)14/h2-7H,1H3,(H,16,17). The van der Waals surface area contributed by atoms with Crippen molar-refractivity contribution >= 4 is 21.9 Å². The zero-order chi connectivity index (χ0) is 13.8. The van der Waals surface area contributed by atoms with Crippen molar-refractivity contribution in [2.75, 3.05) is 7.11 Å². The molecular weight excluding hydrogens is 314 g/mol. The van der Waals surface area contributed by atoms with Gasteiger partial charge in [0.05, 0.1) is 11.6 Å². The highest BCUT2D eigenvalue weighted by Gasteiger charge is 2.17. The van der Waals surface area contributed by atoms with Crippen LogP contribution in [0.15, 0.2) is 41.1 Å². The van der Waals surface area contributed by atoms with Gasteiger partial charge in [0, 0.05) is 18.5 Å². The number of rotatable bonds is 4. The van der Waals surface area contributed by atoms with Gasteiger partial charge in [-0.2, -0.15) is 0 Å². The zero-order valence-corrected chi connectivity index (χ0v) is 11.5. The number of carboxylic acids is 1. The summed E-state index contributed by atoms with van der Waals surface area (Å²) < 4.78 is 11.4. The van der Waals surface area contributed by atoms with Gasteiger partial charge in [0.1, 0.15) is 11.3 Å². The molecule has 1 aromatic carbocycles. The Hall–Kier alpha value is -2.08. The van der Waals surface area contributed by atoms with Crippen LogP contribution in [0.2, 0.25) is 0 Å². The highest BCUT2D eigenvalue weighted by Crippen LogP contribution is 2.37.